The second-order valence-corrected chi connectivity index (χ2v) is 8.10. The molecule has 0 spiro atoms. The van der Waals surface area contributed by atoms with Crippen molar-refractivity contribution >= 4 is 29.1 Å². The third-order valence-electron chi connectivity index (χ3n) is 6.05. The predicted octanol–water partition coefficient (Wildman–Crippen LogP) is 3.34. The molecule has 2 amide bonds. The van der Waals surface area contributed by atoms with Crippen molar-refractivity contribution in [2.24, 2.45) is 5.92 Å². The molecule has 10 heteroatoms. The highest BCUT2D eigenvalue weighted by molar-refractivity contribution is 6.05. The van der Waals surface area contributed by atoms with Gasteiger partial charge in [0, 0.05) is 44.1 Å². The quantitative estimate of drug-likeness (QED) is 0.734. The number of carbonyl (C=O) groups excluding carboxylic acids is 2. The molecule has 2 aromatic heterocycles. The van der Waals surface area contributed by atoms with Gasteiger partial charge in [0.25, 0.3) is 5.92 Å². The topological polar surface area (TPSA) is 87.7 Å². The summed E-state index contributed by atoms with van der Waals surface area (Å²) in [5.41, 5.74) is 0.844. The largest absolute Gasteiger partial charge is 0.497 e. The van der Waals surface area contributed by atoms with E-state index in [0.29, 0.717) is 23.9 Å². The molecule has 162 valence electrons. The first-order chi connectivity index (χ1) is 14.9. The van der Waals surface area contributed by atoms with Crippen molar-refractivity contribution in [1.82, 2.24) is 9.97 Å². The van der Waals surface area contributed by atoms with Crippen molar-refractivity contribution in [2.45, 2.75) is 31.2 Å². The number of anilines is 3. The van der Waals surface area contributed by atoms with E-state index in [1.54, 1.807) is 29.2 Å². The molecular formula is C21H21F2N5O3. The number of hydrogen-bond acceptors (Lipinski definition) is 6. The van der Waals surface area contributed by atoms with E-state index in [1.807, 2.05) is 0 Å². The fourth-order valence-electron chi connectivity index (χ4n) is 4.22. The van der Waals surface area contributed by atoms with Crippen molar-refractivity contribution in [3.63, 3.8) is 0 Å². The molecule has 2 aliphatic heterocycles. The zero-order valence-corrected chi connectivity index (χ0v) is 16.8. The average molecular weight is 429 g/mol. The number of Topliss-reactive ketones (excluding diaryl/α,β-unsaturated/α-hetero) is 1. The lowest BCUT2D eigenvalue weighted by Crippen LogP contribution is -2.48. The fraction of sp³-hybridized carbons (Fsp3) is 0.429. The summed E-state index contributed by atoms with van der Waals surface area (Å²) in [6, 6.07) is 6.05. The number of nitrogens with one attached hydrogen (secondary N) is 1. The van der Waals surface area contributed by atoms with Crippen LogP contribution >= 0.6 is 0 Å². The number of halogens is 2. The summed E-state index contributed by atoms with van der Waals surface area (Å²) >= 11 is 0. The molecule has 2 bridgehead atoms. The van der Waals surface area contributed by atoms with Gasteiger partial charge in [-0.1, -0.05) is 0 Å². The summed E-state index contributed by atoms with van der Waals surface area (Å²) in [4.78, 5) is 37.9. The van der Waals surface area contributed by atoms with Gasteiger partial charge >= 0.3 is 6.03 Å². The summed E-state index contributed by atoms with van der Waals surface area (Å²) in [5, 5.41) is 2.76. The predicted molar refractivity (Wildman–Crippen MR) is 109 cm³/mol. The Morgan fingerprint density at radius 1 is 1.32 bits per heavy atom. The minimum absolute atomic E-state index is 0.0984. The van der Waals surface area contributed by atoms with Gasteiger partial charge in [0.1, 0.15) is 17.3 Å². The summed E-state index contributed by atoms with van der Waals surface area (Å²) in [6.45, 7) is 1.43. The van der Waals surface area contributed by atoms with Crippen LogP contribution in [-0.4, -0.2) is 53.9 Å². The highest BCUT2D eigenvalue weighted by Crippen LogP contribution is 2.51. The molecule has 8 nitrogen and oxygen atoms in total. The van der Waals surface area contributed by atoms with Gasteiger partial charge in [0.05, 0.1) is 18.8 Å². The molecule has 3 aliphatic rings. The van der Waals surface area contributed by atoms with Gasteiger partial charge in [-0.2, -0.15) is 0 Å². The first kappa shape index (κ1) is 19.7. The molecule has 2 fully saturated rings. The van der Waals surface area contributed by atoms with E-state index in [2.05, 4.69) is 20.2 Å². The Labute approximate surface area is 177 Å². The smallest absolute Gasteiger partial charge is 0.329 e. The number of pyridine rings is 2. The fourth-order valence-corrected chi connectivity index (χ4v) is 4.22. The van der Waals surface area contributed by atoms with Crippen LogP contribution in [-0.2, 0) is 0 Å². The number of ketones is 1. The lowest BCUT2D eigenvalue weighted by atomic mass is 10.1. The molecule has 31 heavy (non-hydrogen) atoms. The second kappa shape index (κ2) is 7.14. The minimum Gasteiger partial charge on any atom is -0.497 e. The normalized spacial score (nSPS) is 22.7. The van der Waals surface area contributed by atoms with Crippen LogP contribution in [0, 0.1) is 5.92 Å². The Balaban J connectivity index is 1.42. The van der Waals surface area contributed by atoms with E-state index in [1.165, 1.54) is 13.3 Å². The molecule has 1 N–H and O–H groups in total. The number of rotatable bonds is 5. The molecule has 1 saturated heterocycles. The number of fused-ring (bicyclic) bond motifs is 4. The average Bonchev–Trinajstić information content (AvgIpc) is 3.15. The zero-order valence-electron chi connectivity index (χ0n) is 16.8. The van der Waals surface area contributed by atoms with Gasteiger partial charge in [-0.3, -0.25) is 15.0 Å². The molecule has 1 aliphatic carbocycles. The third kappa shape index (κ3) is 3.55. The second-order valence-electron chi connectivity index (χ2n) is 8.10. The maximum absolute atomic E-state index is 13.2. The Morgan fingerprint density at radius 2 is 2.13 bits per heavy atom. The van der Waals surface area contributed by atoms with Crippen molar-refractivity contribution in [1.29, 1.82) is 0 Å². The number of urea groups is 1. The SMILES string of the molecule is COc1ccnc(NC(=O)N2c3nc(C(=O)CC4CC4(F)F)ccc3N3CC[C@H]2C3)c1. The Morgan fingerprint density at radius 3 is 2.87 bits per heavy atom. The monoisotopic (exact) mass is 429 g/mol. The molecule has 1 saturated carbocycles. The van der Waals surface area contributed by atoms with Gasteiger partial charge in [0.2, 0.25) is 0 Å². The Bertz CT molecular complexity index is 1060. The molecule has 1 unspecified atom stereocenters. The molecule has 2 aromatic rings. The van der Waals surface area contributed by atoms with Crippen molar-refractivity contribution < 1.29 is 23.1 Å². The van der Waals surface area contributed by atoms with Gasteiger partial charge in [-0.25, -0.2) is 23.5 Å². The number of methoxy groups -OCH3 is 1. The van der Waals surface area contributed by atoms with Crippen LogP contribution in [0.25, 0.3) is 0 Å². The molecular weight excluding hydrogens is 408 g/mol. The highest BCUT2D eigenvalue weighted by atomic mass is 19.3. The van der Waals surface area contributed by atoms with E-state index in [-0.39, 0.29) is 24.6 Å². The van der Waals surface area contributed by atoms with Crippen molar-refractivity contribution in [2.75, 3.05) is 35.3 Å². The highest BCUT2D eigenvalue weighted by Gasteiger charge is 2.57. The maximum Gasteiger partial charge on any atom is 0.329 e. The van der Waals surface area contributed by atoms with E-state index in [4.69, 9.17) is 4.74 Å². The summed E-state index contributed by atoms with van der Waals surface area (Å²) in [5.74, 6) is -2.87. The minimum atomic E-state index is -2.76. The number of ether oxygens (including phenoxy) is 1. The molecule has 5 rings (SSSR count). The van der Waals surface area contributed by atoms with E-state index in [9.17, 15) is 18.4 Å². The number of nitrogens with zero attached hydrogens (tertiary/aromatic N) is 4. The summed E-state index contributed by atoms with van der Waals surface area (Å²) < 4.78 is 31.6. The van der Waals surface area contributed by atoms with E-state index < -0.39 is 23.7 Å². The Hall–Kier alpha value is -3.30. The summed E-state index contributed by atoms with van der Waals surface area (Å²) in [6.07, 6.45) is 1.78. The van der Waals surface area contributed by atoms with Crippen molar-refractivity contribution in [3.05, 3.63) is 36.2 Å². The third-order valence-corrected chi connectivity index (χ3v) is 6.05. The maximum atomic E-state index is 13.2. The van der Waals surface area contributed by atoms with Crippen LogP contribution in [0.1, 0.15) is 29.8 Å². The van der Waals surface area contributed by atoms with Gasteiger partial charge in [-0.05, 0) is 24.6 Å². The van der Waals surface area contributed by atoms with Crippen molar-refractivity contribution in [3.8, 4) is 5.75 Å². The number of amides is 2. The molecule has 0 aromatic carbocycles. The lowest BCUT2D eigenvalue weighted by molar-refractivity contribution is 0.0830. The van der Waals surface area contributed by atoms with E-state index in [0.717, 1.165) is 18.7 Å². The van der Waals surface area contributed by atoms with Crippen LogP contribution in [0.5, 0.6) is 5.75 Å². The number of carbonyl (C=O) groups is 2. The van der Waals surface area contributed by atoms with Crippen LogP contribution in [0.2, 0.25) is 0 Å². The van der Waals surface area contributed by atoms with Gasteiger partial charge in [-0.15, -0.1) is 0 Å². The van der Waals surface area contributed by atoms with Crippen LogP contribution in [0.3, 0.4) is 0 Å². The number of hydrogen-bond donors (Lipinski definition) is 1. The Kier molecular flexibility index (Phi) is 4.53. The zero-order chi connectivity index (χ0) is 21.8. The van der Waals surface area contributed by atoms with Crippen LogP contribution in [0.4, 0.5) is 30.9 Å². The first-order valence-corrected chi connectivity index (χ1v) is 10.1. The lowest BCUT2D eigenvalue weighted by Gasteiger charge is -2.35. The summed E-state index contributed by atoms with van der Waals surface area (Å²) in [7, 11) is 1.52. The standard InChI is InChI=1S/C21H21F2N5O3/c1-31-14-4-6-24-18(9-14)26-20(30)28-13-5-7-27(11-13)16-3-2-15(25-19(16)28)17(29)8-12-10-21(12,22)23/h2-4,6,9,12-13H,5,7-8,10-11H2,1H3,(H,24,26,30)/t12?,13-/m0/s1. The molecule has 4 heterocycles. The van der Waals surface area contributed by atoms with Gasteiger partial charge < -0.3 is 9.64 Å². The number of alkyl halides is 2. The number of aromatic nitrogens is 2. The molecule has 0 radical (unpaired) electrons. The van der Waals surface area contributed by atoms with Crippen LogP contribution < -0.4 is 19.9 Å². The van der Waals surface area contributed by atoms with Crippen LogP contribution in [0.15, 0.2) is 30.5 Å². The van der Waals surface area contributed by atoms with Gasteiger partial charge in [0.15, 0.2) is 11.6 Å². The molecule has 2 atom stereocenters. The first-order valence-electron chi connectivity index (χ1n) is 10.1. The van der Waals surface area contributed by atoms with E-state index >= 15 is 0 Å².